The first-order valence-electron chi connectivity index (χ1n) is 10.2. The van der Waals surface area contributed by atoms with Crippen molar-refractivity contribution in [3.8, 4) is 10.6 Å². The zero-order chi connectivity index (χ0) is 22.4. The molecular weight excluding hydrogens is 424 g/mol. The molecule has 1 aliphatic rings. The number of alkyl halides is 2. The molecule has 3 aromatic rings. The van der Waals surface area contributed by atoms with E-state index in [0.717, 1.165) is 17.1 Å². The summed E-state index contributed by atoms with van der Waals surface area (Å²) in [4.78, 5) is 13.6. The zero-order valence-electron chi connectivity index (χ0n) is 17.5. The Bertz CT molecular complexity index is 1070. The second-order valence-corrected chi connectivity index (χ2v) is 9.00. The molecule has 2 aromatic heterocycles. The first-order chi connectivity index (χ1) is 14.6. The lowest BCUT2D eigenvalue weighted by Gasteiger charge is -2.32. The number of aliphatic hydroxyl groups excluding tert-OH is 1. The van der Waals surface area contributed by atoms with Gasteiger partial charge in [0.1, 0.15) is 16.9 Å². The van der Waals surface area contributed by atoms with Crippen molar-refractivity contribution in [2.24, 2.45) is 5.92 Å². The first-order valence-corrected chi connectivity index (χ1v) is 11.0. The number of rotatable bonds is 6. The summed E-state index contributed by atoms with van der Waals surface area (Å²) in [6.45, 7) is 5.04. The van der Waals surface area contributed by atoms with E-state index >= 15 is 0 Å². The summed E-state index contributed by atoms with van der Waals surface area (Å²) in [5.41, 5.74) is 0.0462. The standard InChI is InChI=1S/C21H25F2N5O2S/c1-4-24-19-25-11(2)15(18-26-13-7-5-6-8-14(13)31-18)17(27-19)28-21(30)10-9-12(16(21)29)20(3,22)23/h5-8,12,16,29-30H,4,9-10H2,1-3H3,(H2,24,25,27,28)/t12?,16-,21-/m1/s1. The van der Waals surface area contributed by atoms with Crippen LogP contribution in [0.3, 0.4) is 0 Å². The number of hydrogen-bond acceptors (Lipinski definition) is 8. The fourth-order valence-electron chi connectivity index (χ4n) is 4.02. The van der Waals surface area contributed by atoms with Crippen LogP contribution in [-0.4, -0.2) is 49.5 Å². The average Bonchev–Trinajstić information content (AvgIpc) is 3.22. The monoisotopic (exact) mass is 449 g/mol. The van der Waals surface area contributed by atoms with Gasteiger partial charge in [-0.25, -0.2) is 18.7 Å². The molecule has 31 heavy (non-hydrogen) atoms. The van der Waals surface area contributed by atoms with Gasteiger partial charge in [-0.1, -0.05) is 12.1 Å². The Kier molecular flexibility index (Phi) is 5.57. The minimum absolute atomic E-state index is 0.0191. The topological polar surface area (TPSA) is 103 Å². The fourth-order valence-corrected chi connectivity index (χ4v) is 5.09. The molecule has 10 heteroatoms. The third-order valence-corrected chi connectivity index (χ3v) is 6.68. The van der Waals surface area contributed by atoms with Crippen LogP contribution in [0, 0.1) is 12.8 Å². The normalized spacial score (nSPS) is 24.0. The highest BCUT2D eigenvalue weighted by atomic mass is 32.1. The van der Waals surface area contributed by atoms with Crippen molar-refractivity contribution in [1.82, 2.24) is 15.0 Å². The smallest absolute Gasteiger partial charge is 0.250 e. The van der Waals surface area contributed by atoms with E-state index in [1.165, 1.54) is 11.3 Å². The van der Waals surface area contributed by atoms with E-state index in [1.54, 1.807) is 6.92 Å². The van der Waals surface area contributed by atoms with Crippen molar-refractivity contribution >= 4 is 33.3 Å². The molecule has 0 bridgehead atoms. The van der Waals surface area contributed by atoms with Crippen molar-refractivity contribution in [3.05, 3.63) is 30.0 Å². The number of anilines is 2. The van der Waals surface area contributed by atoms with Gasteiger partial charge < -0.3 is 20.8 Å². The van der Waals surface area contributed by atoms with E-state index in [1.807, 2.05) is 31.2 Å². The van der Waals surface area contributed by atoms with Crippen molar-refractivity contribution in [2.45, 2.75) is 51.4 Å². The first kappa shape index (κ1) is 21.8. The number of hydrogen-bond donors (Lipinski definition) is 4. The number of aryl methyl sites for hydroxylation is 1. The van der Waals surface area contributed by atoms with E-state index in [4.69, 9.17) is 0 Å². The van der Waals surface area contributed by atoms with Crippen LogP contribution in [-0.2, 0) is 0 Å². The molecular formula is C21H25F2N5O2S. The lowest BCUT2D eigenvalue weighted by atomic mass is 9.97. The molecule has 1 fully saturated rings. The van der Waals surface area contributed by atoms with Gasteiger partial charge in [0.15, 0.2) is 5.72 Å². The number of nitrogens with zero attached hydrogens (tertiary/aromatic N) is 3. The highest BCUT2D eigenvalue weighted by Crippen LogP contribution is 2.45. The molecule has 166 valence electrons. The fraction of sp³-hybridized carbons (Fsp3) is 0.476. The number of fused-ring (bicyclic) bond motifs is 1. The molecule has 2 heterocycles. The van der Waals surface area contributed by atoms with Crippen LogP contribution in [0.15, 0.2) is 24.3 Å². The minimum Gasteiger partial charge on any atom is -0.388 e. The van der Waals surface area contributed by atoms with Gasteiger partial charge in [-0.2, -0.15) is 4.98 Å². The van der Waals surface area contributed by atoms with Gasteiger partial charge in [0.2, 0.25) is 5.95 Å². The molecule has 1 aromatic carbocycles. The van der Waals surface area contributed by atoms with E-state index in [9.17, 15) is 19.0 Å². The van der Waals surface area contributed by atoms with Gasteiger partial charge >= 0.3 is 0 Å². The second kappa shape index (κ2) is 7.92. The van der Waals surface area contributed by atoms with Crippen LogP contribution in [0.2, 0.25) is 0 Å². The van der Waals surface area contributed by atoms with Gasteiger partial charge in [0.05, 0.1) is 27.4 Å². The Morgan fingerprint density at radius 1 is 1.26 bits per heavy atom. The number of aromatic nitrogens is 3. The molecule has 3 atom stereocenters. The molecule has 1 unspecified atom stereocenters. The predicted molar refractivity (Wildman–Crippen MR) is 117 cm³/mol. The highest BCUT2D eigenvalue weighted by molar-refractivity contribution is 7.21. The molecule has 0 amide bonds. The van der Waals surface area contributed by atoms with Crippen molar-refractivity contribution < 1.29 is 19.0 Å². The van der Waals surface area contributed by atoms with Crippen LogP contribution in [0.4, 0.5) is 20.5 Å². The Balaban J connectivity index is 1.79. The van der Waals surface area contributed by atoms with Crippen molar-refractivity contribution in [1.29, 1.82) is 0 Å². The third kappa shape index (κ3) is 4.07. The Hall–Kier alpha value is -2.43. The van der Waals surface area contributed by atoms with Gasteiger partial charge in [0, 0.05) is 6.54 Å². The third-order valence-electron chi connectivity index (χ3n) is 5.63. The maximum atomic E-state index is 13.9. The Morgan fingerprint density at radius 2 is 2.00 bits per heavy atom. The summed E-state index contributed by atoms with van der Waals surface area (Å²) < 4.78 is 28.8. The van der Waals surface area contributed by atoms with E-state index in [0.29, 0.717) is 28.8 Å². The summed E-state index contributed by atoms with van der Waals surface area (Å²) in [7, 11) is 0. The zero-order valence-corrected chi connectivity index (χ0v) is 18.3. The van der Waals surface area contributed by atoms with E-state index < -0.39 is 23.7 Å². The highest BCUT2D eigenvalue weighted by Gasteiger charge is 2.54. The van der Waals surface area contributed by atoms with Gasteiger partial charge in [-0.05, 0) is 45.7 Å². The van der Waals surface area contributed by atoms with Gasteiger partial charge in [0.25, 0.3) is 5.92 Å². The number of nitrogens with one attached hydrogen (secondary N) is 2. The summed E-state index contributed by atoms with van der Waals surface area (Å²) in [5.74, 6) is -3.89. The number of aliphatic hydroxyl groups is 2. The summed E-state index contributed by atoms with van der Waals surface area (Å²) in [5, 5.41) is 28.2. The Labute approximate surface area is 182 Å². The van der Waals surface area contributed by atoms with Gasteiger partial charge in [-0.3, -0.25) is 0 Å². The Morgan fingerprint density at radius 3 is 2.65 bits per heavy atom. The van der Waals surface area contributed by atoms with Crippen molar-refractivity contribution in [2.75, 3.05) is 17.2 Å². The largest absolute Gasteiger partial charge is 0.388 e. The number of halogens is 2. The predicted octanol–water partition coefficient (Wildman–Crippen LogP) is 4.02. The van der Waals surface area contributed by atoms with Crippen LogP contribution >= 0.6 is 11.3 Å². The maximum Gasteiger partial charge on any atom is 0.250 e. The van der Waals surface area contributed by atoms with Crippen LogP contribution in [0.5, 0.6) is 0 Å². The molecule has 0 saturated heterocycles. The van der Waals surface area contributed by atoms with Crippen LogP contribution in [0.1, 0.15) is 32.4 Å². The molecule has 0 radical (unpaired) electrons. The summed E-state index contributed by atoms with van der Waals surface area (Å²) in [6, 6.07) is 7.66. The van der Waals surface area contributed by atoms with Gasteiger partial charge in [-0.15, -0.1) is 11.3 Å². The number of para-hydroxylation sites is 1. The summed E-state index contributed by atoms with van der Waals surface area (Å²) in [6.07, 6.45) is -1.72. The molecule has 4 N–H and O–H groups in total. The van der Waals surface area contributed by atoms with Crippen LogP contribution < -0.4 is 10.6 Å². The minimum atomic E-state index is -3.11. The second-order valence-electron chi connectivity index (χ2n) is 7.97. The summed E-state index contributed by atoms with van der Waals surface area (Å²) >= 11 is 1.44. The van der Waals surface area contributed by atoms with E-state index in [2.05, 4.69) is 25.6 Å². The number of thiazole rings is 1. The van der Waals surface area contributed by atoms with Crippen LogP contribution in [0.25, 0.3) is 20.8 Å². The molecule has 0 aliphatic heterocycles. The van der Waals surface area contributed by atoms with Crippen molar-refractivity contribution in [3.63, 3.8) is 0 Å². The SMILES string of the molecule is CCNc1nc(C)c(-c2nc3ccccc3s2)c(N[C@@]2(O)CCC(C(C)(F)F)[C@H]2O)n1. The maximum absolute atomic E-state index is 13.9. The lowest BCUT2D eigenvalue weighted by Crippen LogP contribution is -2.50. The lowest BCUT2D eigenvalue weighted by molar-refractivity contribution is -0.117. The molecule has 1 saturated carbocycles. The quantitative estimate of drug-likeness (QED) is 0.422. The number of benzene rings is 1. The molecule has 0 spiro atoms. The molecule has 1 aliphatic carbocycles. The average molecular weight is 450 g/mol. The molecule has 7 nitrogen and oxygen atoms in total. The van der Waals surface area contributed by atoms with E-state index in [-0.39, 0.29) is 18.7 Å². The molecule has 4 rings (SSSR count).